The van der Waals surface area contributed by atoms with Crippen LogP contribution in [-0.2, 0) is 4.79 Å². The number of nitrogens with one attached hydrogen (secondary N) is 1. The van der Waals surface area contributed by atoms with Gasteiger partial charge in [-0.2, -0.15) is 0 Å². The summed E-state index contributed by atoms with van der Waals surface area (Å²) >= 11 is 0. The predicted octanol–water partition coefficient (Wildman–Crippen LogP) is 1.31. The van der Waals surface area contributed by atoms with Crippen molar-refractivity contribution in [2.75, 3.05) is 32.8 Å². The van der Waals surface area contributed by atoms with Crippen LogP contribution < -0.4 is 10.1 Å². The molecule has 0 aliphatic heterocycles. The van der Waals surface area contributed by atoms with Crippen LogP contribution in [0.25, 0.3) is 0 Å². The summed E-state index contributed by atoms with van der Waals surface area (Å²) in [5, 5.41) is 2.85. The van der Waals surface area contributed by atoms with Gasteiger partial charge < -0.3 is 15.0 Å². The molecule has 1 rings (SSSR count). The van der Waals surface area contributed by atoms with E-state index in [1.54, 1.807) is 24.5 Å². The van der Waals surface area contributed by atoms with Crippen LogP contribution in [0, 0.1) is 0 Å². The topological polar surface area (TPSA) is 54.5 Å². The van der Waals surface area contributed by atoms with E-state index in [0.29, 0.717) is 12.3 Å². The minimum Gasteiger partial charge on any atom is -0.482 e. The molecule has 1 N–H and O–H groups in total. The van der Waals surface area contributed by atoms with Gasteiger partial charge in [0.2, 0.25) is 0 Å². The van der Waals surface area contributed by atoms with Crippen molar-refractivity contribution in [3.63, 3.8) is 0 Å². The first-order chi connectivity index (χ1) is 9.26. The number of carbonyl (C=O) groups is 1. The smallest absolute Gasteiger partial charge is 0.257 e. The Hall–Kier alpha value is -1.62. The van der Waals surface area contributed by atoms with E-state index < -0.39 is 0 Å². The van der Waals surface area contributed by atoms with Gasteiger partial charge in [-0.05, 0) is 38.2 Å². The van der Waals surface area contributed by atoms with Crippen molar-refractivity contribution in [1.82, 2.24) is 15.2 Å². The Bertz CT molecular complexity index is 353. The molecule has 0 aliphatic carbocycles. The zero-order valence-electron chi connectivity index (χ0n) is 11.8. The first-order valence-corrected chi connectivity index (χ1v) is 6.78. The molecule has 1 aromatic rings. The van der Waals surface area contributed by atoms with Crippen LogP contribution in [0.1, 0.15) is 20.3 Å². The minimum absolute atomic E-state index is 0.0387. The van der Waals surface area contributed by atoms with Crippen LogP contribution in [0.3, 0.4) is 0 Å². The Morgan fingerprint density at radius 1 is 1.42 bits per heavy atom. The second-order valence-corrected chi connectivity index (χ2v) is 4.21. The number of hydrogen-bond acceptors (Lipinski definition) is 4. The van der Waals surface area contributed by atoms with Crippen LogP contribution in [0.4, 0.5) is 0 Å². The lowest BCUT2D eigenvalue weighted by atomic mass is 10.3. The van der Waals surface area contributed by atoms with Gasteiger partial charge in [-0.25, -0.2) is 0 Å². The molecular formula is C14H23N3O2. The Morgan fingerprint density at radius 2 is 2.21 bits per heavy atom. The van der Waals surface area contributed by atoms with Crippen LogP contribution >= 0.6 is 0 Å². The lowest BCUT2D eigenvalue weighted by molar-refractivity contribution is -0.123. The molecule has 1 aromatic heterocycles. The van der Waals surface area contributed by atoms with Crippen molar-refractivity contribution in [2.45, 2.75) is 20.3 Å². The Morgan fingerprint density at radius 3 is 2.84 bits per heavy atom. The molecule has 0 bridgehead atoms. The molecule has 5 heteroatoms. The summed E-state index contributed by atoms with van der Waals surface area (Å²) in [6.45, 7) is 8.12. The number of ether oxygens (including phenoxy) is 1. The Kier molecular flexibility index (Phi) is 7.58. The van der Waals surface area contributed by atoms with Crippen molar-refractivity contribution in [2.24, 2.45) is 0 Å². The van der Waals surface area contributed by atoms with Crippen molar-refractivity contribution in [3.05, 3.63) is 24.5 Å². The van der Waals surface area contributed by atoms with Gasteiger partial charge in [-0.1, -0.05) is 13.8 Å². The molecule has 0 radical (unpaired) electrons. The number of hydrogen-bond donors (Lipinski definition) is 1. The third kappa shape index (κ3) is 6.76. The molecule has 0 saturated heterocycles. The van der Waals surface area contributed by atoms with E-state index in [0.717, 1.165) is 26.1 Å². The largest absolute Gasteiger partial charge is 0.482 e. The highest BCUT2D eigenvalue weighted by Gasteiger charge is 2.03. The van der Waals surface area contributed by atoms with Crippen molar-refractivity contribution in [1.29, 1.82) is 0 Å². The summed E-state index contributed by atoms with van der Waals surface area (Å²) in [6, 6.07) is 3.55. The van der Waals surface area contributed by atoms with E-state index >= 15 is 0 Å². The van der Waals surface area contributed by atoms with Gasteiger partial charge in [0.1, 0.15) is 5.75 Å². The van der Waals surface area contributed by atoms with E-state index in [9.17, 15) is 4.79 Å². The third-order valence-electron chi connectivity index (χ3n) is 2.87. The normalized spacial score (nSPS) is 10.5. The highest BCUT2D eigenvalue weighted by atomic mass is 16.5. The van der Waals surface area contributed by atoms with Gasteiger partial charge in [-0.15, -0.1) is 0 Å². The molecule has 1 heterocycles. The summed E-state index contributed by atoms with van der Waals surface area (Å²) in [7, 11) is 0. The van der Waals surface area contributed by atoms with E-state index in [1.165, 1.54) is 0 Å². The fourth-order valence-electron chi connectivity index (χ4n) is 1.70. The van der Waals surface area contributed by atoms with Crippen molar-refractivity contribution < 1.29 is 9.53 Å². The van der Waals surface area contributed by atoms with E-state index in [-0.39, 0.29) is 12.5 Å². The van der Waals surface area contributed by atoms with Crippen LogP contribution in [0.15, 0.2) is 24.5 Å². The minimum atomic E-state index is -0.0941. The molecule has 5 nitrogen and oxygen atoms in total. The van der Waals surface area contributed by atoms with Gasteiger partial charge in [0.05, 0.1) is 6.20 Å². The second-order valence-electron chi connectivity index (χ2n) is 4.21. The van der Waals surface area contributed by atoms with Crippen LogP contribution in [0.2, 0.25) is 0 Å². The lowest BCUT2D eigenvalue weighted by Crippen LogP contribution is -2.32. The fourth-order valence-corrected chi connectivity index (χ4v) is 1.70. The summed E-state index contributed by atoms with van der Waals surface area (Å²) in [5.41, 5.74) is 0. The summed E-state index contributed by atoms with van der Waals surface area (Å²) in [5.74, 6) is 0.518. The standard InChI is InChI=1S/C14H23N3O2/c1-3-17(4-2)10-6-9-16-14(18)12-19-13-7-5-8-15-11-13/h5,7-8,11H,3-4,6,9-10,12H2,1-2H3,(H,16,18). The number of amides is 1. The molecule has 0 spiro atoms. The highest BCUT2D eigenvalue weighted by Crippen LogP contribution is 2.05. The predicted molar refractivity (Wildman–Crippen MR) is 75.1 cm³/mol. The van der Waals surface area contributed by atoms with Gasteiger partial charge in [-0.3, -0.25) is 9.78 Å². The molecule has 1 amide bonds. The summed E-state index contributed by atoms with van der Waals surface area (Å²) < 4.78 is 5.30. The number of nitrogens with zero attached hydrogens (tertiary/aromatic N) is 2. The van der Waals surface area contributed by atoms with Gasteiger partial charge >= 0.3 is 0 Å². The van der Waals surface area contributed by atoms with Crippen LogP contribution in [0.5, 0.6) is 5.75 Å². The maximum absolute atomic E-state index is 11.5. The first kappa shape index (κ1) is 15.4. The number of carbonyl (C=O) groups excluding carboxylic acids is 1. The SMILES string of the molecule is CCN(CC)CCCNC(=O)COc1cccnc1. The molecule has 0 atom stereocenters. The average molecular weight is 265 g/mol. The monoisotopic (exact) mass is 265 g/mol. The molecule has 0 aromatic carbocycles. The molecular weight excluding hydrogens is 242 g/mol. The molecule has 106 valence electrons. The van der Waals surface area contributed by atoms with Gasteiger partial charge in [0.25, 0.3) is 5.91 Å². The van der Waals surface area contributed by atoms with E-state index in [4.69, 9.17) is 4.74 Å². The highest BCUT2D eigenvalue weighted by molar-refractivity contribution is 5.77. The van der Waals surface area contributed by atoms with E-state index in [2.05, 4.69) is 29.0 Å². The van der Waals surface area contributed by atoms with Crippen molar-refractivity contribution >= 4 is 5.91 Å². The molecule has 19 heavy (non-hydrogen) atoms. The van der Waals surface area contributed by atoms with Gasteiger partial charge in [0.15, 0.2) is 6.61 Å². The Balaban J connectivity index is 2.08. The number of rotatable bonds is 9. The summed E-state index contributed by atoms with van der Waals surface area (Å²) in [4.78, 5) is 17.8. The molecule has 0 saturated carbocycles. The molecule has 0 unspecified atom stereocenters. The quantitative estimate of drug-likeness (QED) is 0.684. The zero-order valence-corrected chi connectivity index (χ0v) is 11.8. The number of pyridine rings is 1. The average Bonchev–Trinajstić information content (AvgIpc) is 2.46. The van der Waals surface area contributed by atoms with Gasteiger partial charge in [0, 0.05) is 12.7 Å². The second kappa shape index (κ2) is 9.33. The fraction of sp³-hybridized carbons (Fsp3) is 0.571. The maximum atomic E-state index is 11.5. The number of aromatic nitrogens is 1. The first-order valence-electron chi connectivity index (χ1n) is 6.78. The van der Waals surface area contributed by atoms with Crippen molar-refractivity contribution in [3.8, 4) is 5.75 Å². The molecule has 0 aliphatic rings. The maximum Gasteiger partial charge on any atom is 0.257 e. The van der Waals surface area contributed by atoms with Crippen LogP contribution in [-0.4, -0.2) is 48.6 Å². The van der Waals surface area contributed by atoms with E-state index in [1.807, 2.05) is 0 Å². The summed E-state index contributed by atoms with van der Waals surface area (Å²) in [6.07, 6.45) is 4.22. The Labute approximate surface area is 115 Å². The molecule has 0 fully saturated rings. The zero-order chi connectivity index (χ0) is 13.9. The third-order valence-corrected chi connectivity index (χ3v) is 2.87. The lowest BCUT2D eigenvalue weighted by Gasteiger charge is -2.17.